The smallest absolute Gasteiger partial charge is 0.363 e. The molecule has 1 heterocycles. The van der Waals surface area contributed by atoms with Crippen molar-refractivity contribution in [3.63, 3.8) is 0 Å². The molecule has 0 spiro atoms. The van der Waals surface area contributed by atoms with Gasteiger partial charge < -0.3 is 14.2 Å². The maximum absolute atomic E-state index is 12.2. The molecule has 0 aliphatic carbocycles. The first-order valence-electron chi connectivity index (χ1n) is 7.22. The van der Waals surface area contributed by atoms with Crippen molar-refractivity contribution in [3.8, 4) is 11.5 Å². The van der Waals surface area contributed by atoms with Crippen LogP contribution >= 0.6 is 38.5 Å². The molecule has 3 rings (SSSR count). The number of methoxy groups -OCH3 is 2. The fourth-order valence-electron chi connectivity index (χ4n) is 2.33. The van der Waals surface area contributed by atoms with E-state index in [-0.39, 0.29) is 11.6 Å². The molecule has 0 bridgehead atoms. The van der Waals surface area contributed by atoms with Crippen molar-refractivity contribution in [3.05, 3.63) is 61.3 Å². The van der Waals surface area contributed by atoms with Crippen LogP contribution in [0.25, 0.3) is 6.08 Å². The summed E-state index contributed by atoms with van der Waals surface area (Å²) in [5.74, 6) is 0.879. The van der Waals surface area contributed by atoms with E-state index in [1.807, 2.05) is 30.3 Å². The number of halogens is 2. The number of aliphatic imine (C=N–C) groups is 1. The van der Waals surface area contributed by atoms with Crippen LogP contribution in [0.1, 0.15) is 11.1 Å². The third kappa shape index (κ3) is 3.72. The molecule has 0 amide bonds. The first-order chi connectivity index (χ1) is 12.0. The number of carbonyl (C=O) groups is 1. The van der Waals surface area contributed by atoms with Gasteiger partial charge in [-0.1, -0.05) is 12.1 Å². The van der Waals surface area contributed by atoms with Gasteiger partial charge in [0.1, 0.15) is 0 Å². The zero-order chi connectivity index (χ0) is 18.0. The zero-order valence-corrected chi connectivity index (χ0v) is 17.1. The molecule has 0 atom stereocenters. The largest absolute Gasteiger partial charge is 0.493 e. The highest BCUT2D eigenvalue weighted by atomic mass is 127. The normalized spacial score (nSPS) is 15.1. The molecule has 0 fully saturated rings. The summed E-state index contributed by atoms with van der Waals surface area (Å²) < 4.78 is 17.9. The number of rotatable bonds is 4. The van der Waals surface area contributed by atoms with E-state index in [0.717, 1.165) is 13.6 Å². The van der Waals surface area contributed by atoms with Gasteiger partial charge in [0.05, 0.1) is 14.2 Å². The van der Waals surface area contributed by atoms with Crippen molar-refractivity contribution >= 4 is 56.5 Å². The molecule has 5 nitrogen and oxygen atoms in total. The lowest BCUT2D eigenvalue weighted by Crippen LogP contribution is -2.05. The number of benzene rings is 2. The summed E-state index contributed by atoms with van der Waals surface area (Å²) >= 11 is 5.67. The highest BCUT2D eigenvalue weighted by Gasteiger charge is 2.25. The quantitative estimate of drug-likeness (QED) is 0.345. The third-order valence-electron chi connectivity index (χ3n) is 3.51. The second-order valence-corrected chi connectivity index (χ2v) is 7.06. The highest BCUT2D eigenvalue weighted by Crippen LogP contribution is 2.33. The summed E-state index contributed by atoms with van der Waals surface area (Å²) in [6.45, 7) is 0. The minimum atomic E-state index is -0.505. The summed E-state index contributed by atoms with van der Waals surface area (Å²) in [7, 11) is 3.11. The first-order valence-corrected chi connectivity index (χ1v) is 9.09. The van der Waals surface area contributed by atoms with E-state index in [1.165, 1.54) is 0 Å². The molecule has 2 aromatic rings. The Kier molecular flexibility index (Phi) is 5.43. The van der Waals surface area contributed by atoms with Gasteiger partial charge in [-0.05, 0) is 68.9 Å². The number of cyclic esters (lactones) is 1. The molecular weight excluding hydrogens is 501 g/mol. The predicted octanol–water partition coefficient (Wildman–Crippen LogP) is 4.42. The van der Waals surface area contributed by atoms with E-state index in [1.54, 1.807) is 26.4 Å². The SMILES string of the molecule is COc1cccc(/C=C2\N=C(c3ccc(I)c(Br)c3)OC2=O)c1OC. The number of ether oxygens (including phenoxy) is 3. The minimum absolute atomic E-state index is 0.205. The molecule has 0 aromatic heterocycles. The van der Waals surface area contributed by atoms with Gasteiger partial charge in [0.15, 0.2) is 17.2 Å². The Morgan fingerprint density at radius 2 is 2.00 bits per heavy atom. The maximum Gasteiger partial charge on any atom is 0.363 e. The van der Waals surface area contributed by atoms with Crippen LogP contribution in [-0.2, 0) is 9.53 Å². The lowest BCUT2D eigenvalue weighted by molar-refractivity contribution is -0.129. The minimum Gasteiger partial charge on any atom is -0.493 e. The van der Waals surface area contributed by atoms with Gasteiger partial charge in [0.25, 0.3) is 0 Å². The Labute approximate surface area is 167 Å². The van der Waals surface area contributed by atoms with E-state index in [2.05, 4.69) is 43.5 Å². The molecule has 1 aliphatic heterocycles. The van der Waals surface area contributed by atoms with Gasteiger partial charge in [-0.25, -0.2) is 9.79 Å². The molecule has 0 saturated carbocycles. The summed E-state index contributed by atoms with van der Waals surface area (Å²) in [6.07, 6.45) is 1.62. The van der Waals surface area contributed by atoms with Crippen molar-refractivity contribution in [2.24, 2.45) is 4.99 Å². The molecule has 7 heteroatoms. The predicted molar refractivity (Wildman–Crippen MR) is 107 cm³/mol. The Hall–Kier alpha value is -1.87. The van der Waals surface area contributed by atoms with Gasteiger partial charge in [-0.15, -0.1) is 0 Å². The third-order valence-corrected chi connectivity index (χ3v) is 5.85. The number of hydrogen-bond donors (Lipinski definition) is 0. The Bertz CT molecular complexity index is 908. The molecule has 0 N–H and O–H groups in total. The summed E-state index contributed by atoms with van der Waals surface area (Å²) in [6, 6.07) is 11.1. The Balaban J connectivity index is 2.00. The molecule has 128 valence electrons. The van der Waals surface area contributed by atoms with E-state index < -0.39 is 5.97 Å². The van der Waals surface area contributed by atoms with Crippen molar-refractivity contribution in [2.45, 2.75) is 0 Å². The average molecular weight is 514 g/mol. The monoisotopic (exact) mass is 513 g/mol. The number of esters is 1. The van der Waals surface area contributed by atoms with Gasteiger partial charge >= 0.3 is 5.97 Å². The number of carbonyl (C=O) groups excluding carboxylic acids is 1. The maximum atomic E-state index is 12.2. The van der Waals surface area contributed by atoms with Crippen LogP contribution in [0.2, 0.25) is 0 Å². The molecular formula is C18H13BrINO4. The molecule has 2 aromatic carbocycles. The fourth-order valence-corrected chi connectivity index (χ4v) is 3.05. The average Bonchev–Trinajstić information content (AvgIpc) is 2.97. The molecule has 0 radical (unpaired) electrons. The van der Waals surface area contributed by atoms with Gasteiger partial charge in [0.2, 0.25) is 5.90 Å². The van der Waals surface area contributed by atoms with E-state index in [4.69, 9.17) is 14.2 Å². The molecule has 25 heavy (non-hydrogen) atoms. The lowest BCUT2D eigenvalue weighted by Gasteiger charge is -2.09. The number of nitrogens with zero attached hydrogens (tertiary/aromatic N) is 1. The zero-order valence-electron chi connectivity index (χ0n) is 13.4. The van der Waals surface area contributed by atoms with Gasteiger partial charge in [0, 0.05) is 19.2 Å². The second-order valence-electron chi connectivity index (χ2n) is 5.05. The van der Waals surface area contributed by atoms with Crippen LogP contribution in [0.5, 0.6) is 11.5 Å². The topological polar surface area (TPSA) is 57.1 Å². The summed E-state index contributed by atoms with van der Waals surface area (Å²) in [5.41, 5.74) is 1.61. The van der Waals surface area contributed by atoms with Gasteiger partial charge in [-0.3, -0.25) is 0 Å². The highest BCUT2D eigenvalue weighted by molar-refractivity contribution is 14.1. The first kappa shape index (κ1) is 17.9. The fraction of sp³-hybridized carbons (Fsp3) is 0.111. The van der Waals surface area contributed by atoms with E-state index in [0.29, 0.717) is 17.1 Å². The van der Waals surface area contributed by atoms with Gasteiger partial charge in [-0.2, -0.15) is 0 Å². The van der Waals surface area contributed by atoms with E-state index >= 15 is 0 Å². The molecule has 0 unspecified atom stereocenters. The van der Waals surface area contributed by atoms with Crippen LogP contribution in [-0.4, -0.2) is 26.1 Å². The van der Waals surface area contributed by atoms with Crippen LogP contribution in [0.3, 0.4) is 0 Å². The molecule has 0 saturated heterocycles. The number of para-hydroxylation sites is 1. The summed E-state index contributed by atoms with van der Waals surface area (Å²) in [5, 5.41) is 0. The van der Waals surface area contributed by atoms with E-state index in [9.17, 15) is 4.79 Å². The summed E-state index contributed by atoms with van der Waals surface area (Å²) in [4.78, 5) is 16.5. The lowest BCUT2D eigenvalue weighted by atomic mass is 10.1. The molecule has 1 aliphatic rings. The number of hydrogen-bond acceptors (Lipinski definition) is 5. The second kappa shape index (κ2) is 7.57. The van der Waals surface area contributed by atoms with Crippen molar-refractivity contribution in [2.75, 3.05) is 14.2 Å². The van der Waals surface area contributed by atoms with Crippen molar-refractivity contribution in [1.82, 2.24) is 0 Å². The Morgan fingerprint density at radius 1 is 1.20 bits per heavy atom. The van der Waals surface area contributed by atoms with Crippen LogP contribution in [0, 0.1) is 3.57 Å². The van der Waals surface area contributed by atoms with Crippen LogP contribution in [0.15, 0.2) is 51.6 Å². The van der Waals surface area contributed by atoms with Crippen LogP contribution in [0.4, 0.5) is 0 Å². The van der Waals surface area contributed by atoms with Crippen molar-refractivity contribution in [1.29, 1.82) is 0 Å². The Morgan fingerprint density at radius 3 is 2.68 bits per heavy atom. The standard InChI is InChI=1S/C18H13BrINO4/c1-23-15-5-3-4-10(16(15)24-2)9-14-18(22)25-17(21-14)11-6-7-13(20)12(19)8-11/h3-9H,1-2H3/b14-9-. The van der Waals surface area contributed by atoms with Crippen LogP contribution < -0.4 is 9.47 Å². The van der Waals surface area contributed by atoms with Crippen molar-refractivity contribution < 1.29 is 19.0 Å².